The van der Waals surface area contributed by atoms with Gasteiger partial charge in [0.2, 0.25) is 5.91 Å². The van der Waals surface area contributed by atoms with Crippen LogP contribution >= 0.6 is 0 Å². The minimum atomic E-state index is -0.645. The molecule has 1 fully saturated rings. The molecule has 8 heteroatoms. The average molecular weight is 458 g/mol. The van der Waals surface area contributed by atoms with Crippen LogP contribution in [0.3, 0.4) is 0 Å². The number of likely N-dealkylation sites (tertiary alicyclic amines) is 1. The van der Waals surface area contributed by atoms with E-state index in [9.17, 15) is 9.59 Å². The van der Waals surface area contributed by atoms with Crippen molar-refractivity contribution in [1.82, 2.24) is 15.2 Å². The van der Waals surface area contributed by atoms with Crippen LogP contribution in [0.25, 0.3) is 11.3 Å². The summed E-state index contributed by atoms with van der Waals surface area (Å²) in [5.74, 6) is -0.439. The van der Waals surface area contributed by atoms with Gasteiger partial charge in [0.15, 0.2) is 0 Å². The molecule has 1 aliphatic heterocycles. The third-order valence-electron chi connectivity index (χ3n) is 5.56. The summed E-state index contributed by atoms with van der Waals surface area (Å²) in [6.07, 6.45) is 2.07. The van der Waals surface area contributed by atoms with Crippen molar-refractivity contribution in [2.45, 2.75) is 12.5 Å². The van der Waals surface area contributed by atoms with Gasteiger partial charge in [-0.3, -0.25) is 14.6 Å². The summed E-state index contributed by atoms with van der Waals surface area (Å²) in [5.41, 5.74) is 3.89. The van der Waals surface area contributed by atoms with Crippen molar-refractivity contribution in [3.05, 3.63) is 84.6 Å². The Balaban J connectivity index is 1.41. The second-order valence-electron chi connectivity index (χ2n) is 7.87. The van der Waals surface area contributed by atoms with Gasteiger partial charge in [-0.2, -0.15) is 0 Å². The summed E-state index contributed by atoms with van der Waals surface area (Å²) < 4.78 is 0. The number of benzene rings is 2. The molecule has 2 amide bonds. The lowest BCUT2D eigenvalue weighted by Crippen LogP contribution is -2.46. The Kier molecular flexibility index (Phi) is 7.49. The second-order valence-corrected chi connectivity index (χ2v) is 7.87. The zero-order valence-corrected chi connectivity index (χ0v) is 19.0. The van der Waals surface area contributed by atoms with Crippen LogP contribution in [-0.4, -0.2) is 60.2 Å². The Morgan fingerprint density at radius 3 is 2.50 bits per heavy atom. The predicted molar refractivity (Wildman–Crippen MR) is 131 cm³/mol. The van der Waals surface area contributed by atoms with Crippen molar-refractivity contribution < 1.29 is 14.4 Å². The topological polar surface area (TPSA) is 95.9 Å². The molecule has 0 bridgehead atoms. The molecule has 0 radical (unpaired) electrons. The molecule has 2 aromatic carbocycles. The first-order valence-electron chi connectivity index (χ1n) is 11.1. The van der Waals surface area contributed by atoms with E-state index in [0.717, 1.165) is 16.9 Å². The number of amides is 2. The highest BCUT2D eigenvalue weighted by Crippen LogP contribution is 2.22. The SMILES string of the molecule is CO/N=C1\C[C@@H](C(=O)NCCNc2ccccc2)N(C(=O)c2ccc(-c3ccccn3)cc2)C1. The maximum absolute atomic E-state index is 13.3. The number of hydrogen-bond acceptors (Lipinski definition) is 6. The highest BCUT2D eigenvalue weighted by atomic mass is 16.6. The van der Waals surface area contributed by atoms with Crippen LogP contribution in [0.4, 0.5) is 5.69 Å². The number of anilines is 1. The van der Waals surface area contributed by atoms with Gasteiger partial charge in [0.1, 0.15) is 13.2 Å². The normalized spacial score (nSPS) is 16.3. The first-order valence-corrected chi connectivity index (χ1v) is 11.1. The molecule has 4 rings (SSSR count). The van der Waals surface area contributed by atoms with Crippen molar-refractivity contribution in [2.24, 2.45) is 5.16 Å². The fourth-order valence-electron chi connectivity index (χ4n) is 3.90. The largest absolute Gasteiger partial charge is 0.399 e. The molecule has 34 heavy (non-hydrogen) atoms. The zero-order valence-electron chi connectivity index (χ0n) is 19.0. The lowest BCUT2D eigenvalue weighted by molar-refractivity contribution is -0.124. The number of hydrogen-bond donors (Lipinski definition) is 2. The van der Waals surface area contributed by atoms with E-state index in [0.29, 0.717) is 30.8 Å². The first-order chi connectivity index (χ1) is 16.7. The number of carbonyl (C=O) groups excluding carboxylic acids is 2. The van der Waals surface area contributed by atoms with E-state index < -0.39 is 6.04 Å². The molecule has 0 unspecified atom stereocenters. The van der Waals surface area contributed by atoms with Gasteiger partial charge in [-0.25, -0.2) is 0 Å². The van der Waals surface area contributed by atoms with Crippen molar-refractivity contribution in [1.29, 1.82) is 0 Å². The van der Waals surface area contributed by atoms with Crippen LogP contribution in [0.15, 0.2) is 84.1 Å². The van der Waals surface area contributed by atoms with Crippen LogP contribution in [0.5, 0.6) is 0 Å². The molecule has 2 N–H and O–H groups in total. The molecule has 174 valence electrons. The lowest BCUT2D eigenvalue weighted by Gasteiger charge is -2.23. The Bertz CT molecular complexity index is 1130. The molecule has 8 nitrogen and oxygen atoms in total. The van der Waals surface area contributed by atoms with Gasteiger partial charge in [0.25, 0.3) is 5.91 Å². The van der Waals surface area contributed by atoms with Crippen LogP contribution < -0.4 is 10.6 Å². The summed E-state index contributed by atoms with van der Waals surface area (Å²) in [7, 11) is 1.46. The summed E-state index contributed by atoms with van der Waals surface area (Å²) in [4.78, 5) is 37.0. The van der Waals surface area contributed by atoms with Crippen molar-refractivity contribution in [2.75, 3.05) is 32.1 Å². The fourth-order valence-corrected chi connectivity index (χ4v) is 3.90. The van der Waals surface area contributed by atoms with Crippen LogP contribution in [0, 0.1) is 0 Å². The van der Waals surface area contributed by atoms with Gasteiger partial charge < -0.3 is 20.4 Å². The number of oxime groups is 1. The number of aromatic nitrogens is 1. The summed E-state index contributed by atoms with van der Waals surface area (Å²) >= 11 is 0. The molecular weight excluding hydrogens is 430 g/mol. The minimum Gasteiger partial charge on any atom is -0.399 e. The van der Waals surface area contributed by atoms with Gasteiger partial charge in [0.05, 0.1) is 18.0 Å². The highest BCUT2D eigenvalue weighted by molar-refractivity contribution is 6.05. The van der Waals surface area contributed by atoms with E-state index in [2.05, 4.69) is 20.8 Å². The van der Waals surface area contributed by atoms with E-state index >= 15 is 0 Å². The number of carbonyl (C=O) groups is 2. The Morgan fingerprint density at radius 1 is 1.03 bits per heavy atom. The Hall–Kier alpha value is -4.20. The molecule has 1 atom stereocenters. The van der Waals surface area contributed by atoms with Gasteiger partial charge in [-0.05, 0) is 36.4 Å². The second kappa shape index (κ2) is 11.1. The molecule has 1 aliphatic rings. The maximum atomic E-state index is 13.3. The van der Waals surface area contributed by atoms with Gasteiger partial charge in [-0.1, -0.05) is 41.6 Å². The van der Waals surface area contributed by atoms with Gasteiger partial charge in [0, 0.05) is 42.5 Å². The molecule has 3 aromatic rings. The number of para-hydroxylation sites is 1. The summed E-state index contributed by atoms with van der Waals surface area (Å²) in [6, 6.07) is 22.1. The monoisotopic (exact) mass is 457 g/mol. The van der Waals surface area contributed by atoms with Crippen molar-refractivity contribution in [3.8, 4) is 11.3 Å². The molecular formula is C26H27N5O3. The third kappa shape index (κ3) is 5.58. The zero-order chi connectivity index (χ0) is 23.8. The number of nitrogens with zero attached hydrogens (tertiary/aromatic N) is 3. The van der Waals surface area contributed by atoms with Crippen molar-refractivity contribution >= 4 is 23.2 Å². The summed E-state index contributed by atoms with van der Waals surface area (Å²) in [5, 5.41) is 10.2. The average Bonchev–Trinajstić information content (AvgIpc) is 3.31. The van der Waals surface area contributed by atoms with Crippen LogP contribution in [0.1, 0.15) is 16.8 Å². The standard InChI is InChI=1S/C26H27N5O3/c1-34-30-22-17-24(25(32)29-16-15-27-21-7-3-2-4-8-21)31(18-22)26(33)20-12-10-19(11-13-20)23-9-5-6-14-28-23/h2-14,24,27H,15-18H2,1H3,(H,29,32)/b30-22+/t24-/m0/s1. The molecule has 0 aliphatic carbocycles. The third-order valence-corrected chi connectivity index (χ3v) is 5.56. The molecule has 2 heterocycles. The molecule has 1 saturated heterocycles. The highest BCUT2D eigenvalue weighted by Gasteiger charge is 2.38. The number of nitrogens with one attached hydrogen (secondary N) is 2. The number of rotatable bonds is 8. The molecule has 0 saturated carbocycles. The van der Waals surface area contributed by atoms with Gasteiger partial charge in [-0.15, -0.1) is 0 Å². The maximum Gasteiger partial charge on any atom is 0.254 e. The van der Waals surface area contributed by atoms with E-state index in [4.69, 9.17) is 4.84 Å². The van der Waals surface area contributed by atoms with E-state index in [-0.39, 0.29) is 18.4 Å². The van der Waals surface area contributed by atoms with Crippen molar-refractivity contribution in [3.63, 3.8) is 0 Å². The lowest BCUT2D eigenvalue weighted by atomic mass is 10.1. The number of pyridine rings is 1. The smallest absolute Gasteiger partial charge is 0.254 e. The van der Waals surface area contributed by atoms with Crippen LogP contribution in [0.2, 0.25) is 0 Å². The quantitative estimate of drug-likeness (QED) is 0.400. The Labute approximate surface area is 198 Å². The molecule has 0 spiro atoms. The van der Waals surface area contributed by atoms with E-state index in [1.54, 1.807) is 23.2 Å². The van der Waals surface area contributed by atoms with Gasteiger partial charge >= 0.3 is 0 Å². The predicted octanol–water partition coefficient (Wildman–Crippen LogP) is 3.19. The Morgan fingerprint density at radius 2 is 1.79 bits per heavy atom. The van der Waals surface area contributed by atoms with Crippen LogP contribution in [-0.2, 0) is 9.63 Å². The fraction of sp³-hybridized carbons (Fsp3) is 0.231. The van der Waals surface area contributed by atoms with E-state index in [1.807, 2.05) is 60.7 Å². The summed E-state index contributed by atoms with van der Waals surface area (Å²) in [6.45, 7) is 1.25. The first kappa shape index (κ1) is 23.0. The van der Waals surface area contributed by atoms with E-state index in [1.165, 1.54) is 7.11 Å². The molecule has 1 aromatic heterocycles. The minimum absolute atomic E-state index is 0.213.